The summed E-state index contributed by atoms with van der Waals surface area (Å²) < 4.78 is 5.82. The van der Waals surface area contributed by atoms with Crippen molar-refractivity contribution in [2.45, 2.75) is 25.5 Å². The number of hydrogen-bond donors (Lipinski definition) is 1. The Bertz CT molecular complexity index is 393. The number of carboxylic acid groups (broad SMARTS) is 1. The van der Waals surface area contributed by atoms with E-state index < -0.39 is 5.97 Å². The van der Waals surface area contributed by atoms with Crippen molar-refractivity contribution in [3.8, 4) is 0 Å². The molecule has 0 amide bonds. The molecule has 0 unspecified atom stereocenters. The van der Waals surface area contributed by atoms with Gasteiger partial charge in [0.2, 0.25) is 0 Å². The van der Waals surface area contributed by atoms with Crippen LogP contribution in [0.4, 0.5) is 0 Å². The highest BCUT2D eigenvalue weighted by atomic mass is 16.5. The third kappa shape index (κ3) is 3.31. The highest BCUT2D eigenvalue weighted by Gasteiger charge is 2.26. The van der Waals surface area contributed by atoms with Crippen LogP contribution in [0.3, 0.4) is 0 Å². The summed E-state index contributed by atoms with van der Waals surface area (Å²) in [7, 11) is 0. The molecular weight excluding hydrogens is 230 g/mol. The van der Waals surface area contributed by atoms with E-state index in [-0.39, 0.29) is 18.6 Å². The van der Waals surface area contributed by atoms with E-state index in [2.05, 4.69) is 24.0 Å². The Morgan fingerprint density at radius 3 is 2.83 bits per heavy atom. The molecule has 1 heterocycles. The number of morpholine rings is 1. The number of nitrogens with zero attached hydrogens (tertiary/aromatic N) is 1. The van der Waals surface area contributed by atoms with Crippen LogP contribution in [0.25, 0.3) is 0 Å². The molecular formula is C14H19NO3. The van der Waals surface area contributed by atoms with Crippen molar-refractivity contribution in [2.24, 2.45) is 0 Å². The first-order chi connectivity index (χ1) is 8.66. The second kappa shape index (κ2) is 5.98. The summed E-state index contributed by atoms with van der Waals surface area (Å²) in [4.78, 5) is 12.8. The Hall–Kier alpha value is -1.39. The first kappa shape index (κ1) is 13.1. The molecule has 0 bridgehead atoms. The van der Waals surface area contributed by atoms with Gasteiger partial charge in [0.05, 0.1) is 19.1 Å². The van der Waals surface area contributed by atoms with Crippen LogP contribution in [-0.2, 0) is 9.53 Å². The van der Waals surface area contributed by atoms with E-state index in [9.17, 15) is 4.79 Å². The minimum absolute atomic E-state index is 0.0520. The lowest BCUT2D eigenvalue weighted by Crippen LogP contribution is -2.45. The number of carboxylic acids is 1. The molecule has 0 aliphatic carbocycles. The minimum Gasteiger partial charge on any atom is -0.481 e. The molecule has 1 aliphatic rings. The van der Waals surface area contributed by atoms with Crippen molar-refractivity contribution in [3.63, 3.8) is 0 Å². The van der Waals surface area contributed by atoms with E-state index in [0.29, 0.717) is 13.2 Å². The molecule has 18 heavy (non-hydrogen) atoms. The molecule has 1 aromatic rings. The fourth-order valence-corrected chi connectivity index (χ4v) is 2.23. The summed E-state index contributed by atoms with van der Waals surface area (Å²) in [6, 6.07) is 10.4. The molecule has 4 heteroatoms. The fourth-order valence-electron chi connectivity index (χ4n) is 2.23. The summed E-state index contributed by atoms with van der Waals surface area (Å²) in [5, 5.41) is 8.76. The summed E-state index contributed by atoms with van der Waals surface area (Å²) in [5.74, 6) is -0.745. The number of hydrogen-bond acceptors (Lipinski definition) is 3. The maximum absolute atomic E-state index is 10.6. The first-order valence-electron chi connectivity index (χ1n) is 6.29. The maximum atomic E-state index is 10.6. The van der Waals surface area contributed by atoms with Crippen LogP contribution in [0.2, 0.25) is 0 Å². The van der Waals surface area contributed by atoms with Crippen LogP contribution < -0.4 is 0 Å². The van der Waals surface area contributed by atoms with Gasteiger partial charge in [0.25, 0.3) is 0 Å². The average molecular weight is 249 g/mol. The van der Waals surface area contributed by atoms with Crippen LogP contribution >= 0.6 is 0 Å². The standard InChI is InChI=1S/C14H19NO3/c1-11-10-18-13(12-5-3-2-4-6-12)9-15(11)8-7-14(16)17/h2-6,11,13H,7-10H2,1H3,(H,16,17)/t11-,13+/m1/s1. The fraction of sp³-hybridized carbons (Fsp3) is 0.500. The number of ether oxygens (including phenoxy) is 1. The van der Waals surface area contributed by atoms with Gasteiger partial charge >= 0.3 is 5.97 Å². The SMILES string of the molecule is C[C@@H]1CO[C@H](c2ccccc2)CN1CCC(=O)O. The lowest BCUT2D eigenvalue weighted by atomic mass is 10.1. The molecule has 1 fully saturated rings. The van der Waals surface area contributed by atoms with Crippen LogP contribution in [0, 0.1) is 0 Å². The molecule has 0 spiro atoms. The number of aliphatic carboxylic acids is 1. The smallest absolute Gasteiger partial charge is 0.304 e. The Morgan fingerprint density at radius 2 is 2.17 bits per heavy atom. The van der Waals surface area contributed by atoms with Crippen molar-refractivity contribution in [1.82, 2.24) is 4.90 Å². The molecule has 0 aromatic heterocycles. The van der Waals surface area contributed by atoms with E-state index in [1.807, 2.05) is 18.2 Å². The molecule has 98 valence electrons. The molecule has 4 nitrogen and oxygen atoms in total. The molecule has 1 saturated heterocycles. The molecule has 0 saturated carbocycles. The average Bonchev–Trinajstić information content (AvgIpc) is 2.38. The Balaban J connectivity index is 1.98. The number of carbonyl (C=O) groups is 1. The monoisotopic (exact) mass is 249 g/mol. The first-order valence-corrected chi connectivity index (χ1v) is 6.29. The number of rotatable bonds is 4. The van der Waals surface area contributed by atoms with Crippen molar-refractivity contribution in [3.05, 3.63) is 35.9 Å². The second-order valence-electron chi connectivity index (χ2n) is 4.72. The summed E-state index contributed by atoms with van der Waals surface area (Å²) in [6.45, 7) is 4.07. The minimum atomic E-state index is -0.745. The molecule has 2 rings (SSSR count). The van der Waals surface area contributed by atoms with Gasteiger partial charge in [-0.1, -0.05) is 30.3 Å². The molecule has 0 radical (unpaired) electrons. The largest absolute Gasteiger partial charge is 0.481 e. The zero-order valence-corrected chi connectivity index (χ0v) is 10.6. The highest BCUT2D eigenvalue weighted by molar-refractivity contribution is 5.66. The van der Waals surface area contributed by atoms with Gasteiger partial charge < -0.3 is 9.84 Å². The van der Waals surface area contributed by atoms with Gasteiger partial charge in [0.15, 0.2) is 0 Å². The third-order valence-electron chi connectivity index (χ3n) is 3.35. The van der Waals surface area contributed by atoms with Crippen molar-refractivity contribution in [2.75, 3.05) is 19.7 Å². The predicted molar refractivity (Wildman–Crippen MR) is 68.4 cm³/mol. The van der Waals surface area contributed by atoms with Gasteiger partial charge in [-0.2, -0.15) is 0 Å². The van der Waals surface area contributed by atoms with E-state index in [1.165, 1.54) is 0 Å². The summed E-state index contributed by atoms with van der Waals surface area (Å²) in [5.41, 5.74) is 1.16. The predicted octanol–water partition coefficient (Wildman–Crippen LogP) is 1.92. The van der Waals surface area contributed by atoms with Crippen LogP contribution in [-0.4, -0.2) is 41.7 Å². The Morgan fingerprint density at radius 1 is 1.44 bits per heavy atom. The Kier molecular flexibility index (Phi) is 4.33. The molecule has 1 N–H and O–H groups in total. The lowest BCUT2D eigenvalue weighted by Gasteiger charge is -2.38. The van der Waals surface area contributed by atoms with Gasteiger partial charge in [0, 0.05) is 19.1 Å². The topological polar surface area (TPSA) is 49.8 Å². The Labute approximate surface area is 107 Å². The quantitative estimate of drug-likeness (QED) is 0.885. The van der Waals surface area contributed by atoms with Crippen molar-refractivity contribution in [1.29, 1.82) is 0 Å². The van der Waals surface area contributed by atoms with E-state index in [0.717, 1.165) is 12.1 Å². The summed E-state index contributed by atoms with van der Waals surface area (Å²) in [6.07, 6.45) is 0.238. The van der Waals surface area contributed by atoms with Gasteiger partial charge in [-0.15, -0.1) is 0 Å². The second-order valence-corrected chi connectivity index (χ2v) is 4.72. The lowest BCUT2D eigenvalue weighted by molar-refractivity contribution is -0.138. The molecule has 1 aromatic carbocycles. The molecule has 2 atom stereocenters. The van der Waals surface area contributed by atoms with Gasteiger partial charge in [0.1, 0.15) is 0 Å². The van der Waals surface area contributed by atoms with Gasteiger partial charge in [-0.3, -0.25) is 9.69 Å². The van der Waals surface area contributed by atoms with Crippen molar-refractivity contribution < 1.29 is 14.6 Å². The third-order valence-corrected chi connectivity index (χ3v) is 3.35. The zero-order valence-electron chi connectivity index (χ0n) is 10.6. The van der Waals surface area contributed by atoms with Gasteiger partial charge in [-0.05, 0) is 12.5 Å². The van der Waals surface area contributed by atoms with Crippen LogP contribution in [0.1, 0.15) is 25.0 Å². The zero-order chi connectivity index (χ0) is 13.0. The van der Waals surface area contributed by atoms with Crippen molar-refractivity contribution >= 4 is 5.97 Å². The summed E-state index contributed by atoms with van der Waals surface area (Å²) >= 11 is 0. The van der Waals surface area contributed by atoms with E-state index in [1.54, 1.807) is 0 Å². The van der Waals surface area contributed by atoms with E-state index >= 15 is 0 Å². The normalized spacial score (nSPS) is 24.9. The van der Waals surface area contributed by atoms with E-state index in [4.69, 9.17) is 9.84 Å². The highest BCUT2D eigenvalue weighted by Crippen LogP contribution is 2.24. The maximum Gasteiger partial charge on any atom is 0.304 e. The number of benzene rings is 1. The van der Waals surface area contributed by atoms with Crippen LogP contribution in [0.5, 0.6) is 0 Å². The molecule has 1 aliphatic heterocycles. The van der Waals surface area contributed by atoms with Crippen LogP contribution in [0.15, 0.2) is 30.3 Å². The van der Waals surface area contributed by atoms with Gasteiger partial charge in [-0.25, -0.2) is 0 Å².